The zero-order valence-corrected chi connectivity index (χ0v) is 11.9. The van der Waals surface area contributed by atoms with Gasteiger partial charge in [0.05, 0.1) is 0 Å². The summed E-state index contributed by atoms with van der Waals surface area (Å²) in [6.07, 6.45) is 0.989. The van der Waals surface area contributed by atoms with Gasteiger partial charge in [0.25, 0.3) is 0 Å². The molecule has 1 aromatic carbocycles. The first-order valence-electron chi connectivity index (χ1n) is 6.25. The third-order valence-electron chi connectivity index (χ3n) is 2.84. The lowest BCUT2D eigenvalue weighted by atomic mass is 9.86. The molecule has 1 aromatic heterocycles. The van der Waals surface area contributed by atoms with Crippen LogP contribution < -0.4 is 4.74 Å². The van der Waals surface area contributed by atoms with Crippen LogP contribution in [0.4, 0.5) is 0 Å². The van der Waals surface area contributed by atoms with E-state index in [1.807, 2.05) is 25.1 Å². The number of oxazole rings is 1. The highest BCUT2D eigenvalue weighted by atomic mass is 16.6. The Balaban J connectivity index is 2.36. The van der Waals surface area contributed by atoms with Crippen LogP contribution in [0.1, 0.15) is 42.4 Å². The zero-order chi connectivity index (χ0) is 14.9. The van der Waals surface area contributed by atoms with Crippen molar-refractivity contribution in [2.75, 3.05) is 0 Å². The summed E-state index contributed by atoms with van der Waals surface area (Å²) in [5.74, 6) is -0.528. The van der Waals surface area contributed by atoms with Gasteiger partial charge in [-0.15, -0.1) is 0 Å². The lowest BCUT2D eigenvalue weighted by Crippen LogP contribution is -2.12. The van der Waals surface area contributed by atoms with Gasteiger partial charge < -0.3 is 14.3 Å². The fraction of sp³-hybridized carbons (Fsp3) is 0.333. The maximum atomic E-state index is 10.8. The molecule has 0 saturated heterocycles. The number of aromatic nitrogens is 1. The van der Waals surface area contributed by atoms with Crippen LogP contribution in [-0.2, 0) is 5.41 Å². The molecule has 0 radical (unpaired) electrons. The van der Waals surface area contributed by atoms with Gasteiger partial charge in [0.15, 0.2) is 5.69 Å². The maximum Gasteiger partial charge on any atom is 0.399 e. The van der Waals surface area contributed by atoms with Crippen LogP contribution in [0.5, 0.6) is 11.8 Å². The van der Waals surface area contributed by atoms with Crippen LogP contribution in [0.15, 0.2) is 28.9 Å². The van der Waals surface area contributed by atoms with E-state index in [2.05, 4.69) is 25.8 Å². The molecule has 0 fully saturated rings. The van der Waals surface area contributed by atoms with Gasteiger partial charge in [0, 0.05) is 5.56 Å². The first kappa shape index (κ1) is 14.1. The quantitative estimate of drug-likeness (QED) is 0.923. The van der Waals surface area contributed by atoms with Gasteiger partial charge in [-0.1, -0.05) is 32.9 Å². The molecule has 0 aliphatic rings. The molecular formula is C15H17NO4. The van der Waals surface area contributed by atoms with Crippen molar-refractivity contribution in [1.29, 1.82) is 0 Å². The van der Waals surface area contributed by atoms with Gasteiger partial charge in [0.1, 0.15) is 12.0 Å². The van der Waals surface area contributed by atoms with E-state index >= 15 is 0 Å². The molecule has 5 nitrogen and oxygen atoms in total. The third-order valence-corrected chi connectivity index (χ3v) is 2.84. The molecule has 0 amide bonds. The van der Waals surface area contributed by atoms with Crippen molar-refractivity contribution in [2.45, 2.75) is 33.1 Å². The summed E-state index contributed by atoms with van der Waals surface area (Å²) in [5, 5.41) is 8.81. The Morgan fingerprint density at radius 3 is 2.60 bits per heavy atom. The summed E-state index contributed by atoms with van der Waals surface area (Å²) in [6, 6.07) is 5.88. The van der Waals surface area contributed by atoms with Gasteiger partial charge in [-0.05, 0) is 24.0 Å². The van der Waals surface area contributed by atoms with Gasteiger partial charge in [-0.2, -0.15) is 4.98 Å². The Kier molecular flexibility index (Phi) is 3.53. The van der Waals surface area contributed by atoms with Crippen LogP contribution in [0.2, 0.25) is 0 Å². The highest BCUT2D eigenvalue weighted by Gasteiger charge is 2.21. The summed E-state index contributed by atoms with van der Waals surface area (Å²) >= 11 is 0. The minimum absolute atomic E-state index is 0.0708. The molecule has 0 atom stereocenters. The molecule has 2 rings (SSSR count). The van der Waals surface area contributed by atoms with Crippen LogP contribution in [0, 0.1) is 6.92 Å². The summed E-state index contributed by atoms with van der Waals surface area (Å²) < 4.78 is 10.6. The highest BCUT2D eigenvalue weighted by molar-refractivity contribution is 5.84. The Morgan fingerprint density at radius 1 is 1.35 bits per heavy atom. The first-order chi connectivity index (χ1) is 9.27. The summed E-state index contributed by atoms with van der Waals surface area (Å²) in [6.45, 7) is 8.17. The molecule has 1 heterocycles. The van der Waals surface area contributed by atoms with Crippen LogP contribution in [-0.4, -0.2) is 16.1 Å². The van der Waals surface area contributed by atoms with Crippen LogP contribution in [0.25, 0.3) is 0 Å². The van der Waals surface area contributed by atoms with Gasteiger partial charge >= 0.3 is 12.0 Å². The number of nitrogens with zero attached hydrogens (tertiary/aromatic N) is 1. The SMILES string of the molecule is Cc1ccc(C(C)(C)C)c(Oc2nc(C(=O)O)co2)c1. The lowest BCUT2D eigenvalue weighted by molar-refractivity contribution is 0.0690. The molecular weight excluding hydrogens is 258 g/mol. The topological polar surface area (TPSA) is 72.6 Å². The fourth-order valence-corrected chi connectivity index (χ4v) is 1.83. The van der Waals surface area contributed by atoms with E-state index in [9.17, 15) is 4.79 Å². The number of benzene rings is 1. The number of hydrogen-bond donors (Lipinski definition) is 1. The van der Waals surface area contributed by atoms with Crippen molar-refractivity contribution in [3.63, 3.8) is 0 Å². The highest BCUT2D eigenvalue weighted by Crippen LogP contribution is 2.34. The lowest BCUT2D eigenvalue weighted by Gasteiger charge is -2.22. The average Bonchev–Trinajstić information content (AvgIpc) is 2.76. The normalized spacial score (nSPS) is 11.4. The first-order valence-corrected chi connectivity index (χ1v) is 6.25. The molecule has 20 heavy (non-hydrogen) atoms. The van der Waals surface area contributed by atoms with E-state index < -0.39 is 5.97 Å². The van der Waals surface area contributed by atoms with Crippen molar-refractivity contribution in [1.82, 2.24) is 4.98 Å². The summed E-state index contributed by atoms with van der Waals surface area (Å²) in [5.41, 5.74) is 1.76. The van der Waals surface area contributed by atoms with Crippen molar-refractivity contribution in [3.8, 4) is 11.8 Å². The Bertz CT molecular complexity index is 638. The Labute approximate surface area is 117 Å². The smallest absolute Gasteiger partial charge is 0.399 e. The van der Waals surface area contributed by atoms with E-state index in [4.69, 9.17) is 14.3 Å². The van der Waals surface area contributed by atoms with Gasteiger partial charge in [-0.25, -0.2) is 4.79 Å². The second-order valence-corrected chi connectivity index (χ2v) is 5.66. The standard InChI is InChI=1S/C15H17NO4/c1-9-5-6-10(15(2,3)4)12(7-9)20-14-16-11(8-19-14)13(17)18/h5-8H,1-4H3,(H,17,18). The third kappa shape index (κ3) is 2.99. The van der Waals surface area contributed by atoms with Crippen molar-refractivity contribution >= 4 is 5.97 Å². The largest absolute Gasteiger partial charge is 0.476 e. The number of rotatable bonds is 3. The van der Waals surface area contributed by atoms with Crippen molar-refractivity contribution < 1.29 is 19.1 Å². The molecule has 5 heteroatoms. The van der Waals surface area contributed by atoms with Crippen LogP contribution in [0.3, 0.4) is 0 Å². The van der Waals surface area contributed by atoms with E-state index in [0.717, 1.165) is 17.4 Å². The number of ether oxygens (including phenoxy) is 1. The predicted octanol–water partition coefficient (Wildman–Crippen LogP) is 3.77. The molecule has 0 aliphatic carbocycles. The molecule has 0 unspecified atom stereocenters. The molecule has 106 valence electrons. The Hall–Kier alpha value is -2.30. The Morgan fingerprint density at radius 2 is 2.05 bits per heavy atom. The molecule has 0 aliphatic heterocycles. The molecule has 2 aromatic rings. The average molecular weight is 275 g/mol. The zero-order valence-electron chi connectivity index (χ0n) is 11.9. The predicted molar refractivity (Wildman–Crippen MR) is 73.4 cm³/mol. The number of hydrogen-bond acceptors (Lipinski definition) is 4. The second-order valence-electron chi connectivity index (χ2n) is 5.66. The molecule has 0 saturated carbocycles. The monoisotopic (exact) mass is 275 g/mol. The molecule has 1 N–H and O–H groups in total. The summed E-state index contributed by atoms with van der Waals surface area (Å²) in [4.78, 5) is 14.5. The summed E-state index contributed by atoms with van der Waals surface area (Å²) in [7, 11) is 0. The van der Waals surface area contributed by atoms with Gasteiger partial charge in [0.2, 0.25) is 0 Å². The number of carboxylic acids is 1. The minimum atomic E-state index is -1.15. The van der Waals surface area contributed by atoms with Crippen LogP contribution >= 0.6 is 0 Å². The van der Waals surface area contributed by atoms with E-state index in [0.29, 0.717) is 5.75 Å². The number of aromatic carboxylic acids is 1. The minimum Gasteiger partial charge on any atom is -0.476 e. The van der Waals surface area contributed by atoms with E-state index in [1.54, 1.807) is 0 Å². The van der Waals surface area contributed by atoms with Crippen molar-refractivity contribution in [3.05, 3.63) is 41.3 Å². The maximum absolute atomic E-state index is 10.8. The second kappa shape index (κ2) is 5.00. The van der Waals surface area contributed by atoms with E-state index in [1.165, 1.54) is 0 Å². The molecule has 0 bridgehead atoms. The fourth-order valence-electron chi connectivity index (χ4n) is 1.83. The number of aryl methyl sites for hydroxylation is 1. The number of carbonyl (C=O) groups is 1. The van der Waals surface area contributed by atoms with E-state index in [-0.39, 0.29) is 17.2 Å². The number of carboxylic acid groups (broad SMARTS) is 1. The van der Waals surface area contributed by atoms with Gasteiger partial charge in [-0.3, -0.25) is 0 Å². The van der Waals surface area contributed by atoms with Crippen molar-refractivity contribution in [2.24, 2.45) is 0 Å². The molecule has 0 spiro atoms.